The molecule has 1 saturated carbocycles. The molecular weight excluding hydrogens is 600 g/mol. The van der Waals surface area contributed by atoms with Crippen LogP contribution in [0.4, 0.5) is 5.69 Å². The summed E-state index contributed by atoms with van der Waals surface area (Å²) in [6, 6.07) is 17.4. The summed E-state index contributed by atoms with van der Waals surface area (Å²) in [5.41, 5.74) is 9.64. The molecule has 0 aliphatic heterocycles. The lowest BCUT2D eigenvalue weighted by Gasteiger charge is -2.16. The highest BCUT2D eigenvalue weighted by Crippen LogP contribution is 2.44. The Morgan fingerprint density at radius 1 is 1.13 bits per heavy atom. The second-order valence-corrected chi connectivity index (χ2v) is 11.9. The molecule has 2 heterocycles. The van der Waals surface area contributed by atoms with Crippen LogP contribution in [-0.4, -0.2) is 36.6 Å². The molecular formula is C28H22BrClN6O2S. The molecule has 1 fully saturated rings. The van der Waals surface area contributed by atoms with Crippen LogP contribution in [0.15, 0.2) is 70.4 Å². The minimum Gasteiger partial charge on any atom is -0.366 e. The Bertz CT molecular complexity index is 1790. The van der Waals surface area contributed by atoms with Gasteiger partial charge in [0.05, 0.1) is 22.8 Å². The number of carbonyl (C=O) groups is 2. The summed E-state index contributed by atoms with van der Waals surface area (Å²) in [5.74, 6) is -0.185. The molecule has 3 aromatic carbocycles. The van der Waals surface area contributed by atoms with Gasteiger partial charge in [0.1, 0.15) is 5.52 Å². The SMILES string of the molecule is CC(Sc1nc2cnc(Cl)nc2n1-c1ccc(C2CC2)c2ccccc12)C(=O)Nc1ccc(C(N)=O)cc1Br. The minimum absolute atomic E-state index is 0.120. The number of aromatic nitrogens is 4. The fourth-order valence-corrected chi connectivity index (χ4v) is 6.13. The van der Waals surface area contributed by atoms with Gasteiger partial charge >= 0.3 is 0 Å². The molecule has 2 aromatic heterocycles. The third kappa shape index (κ3) is 4.99. The number of nitrogens with one attached hydrogen (secondary N) is 1. The first-order valence-corrected chi connectivity index (χ1v) is 14.3. The topological polar surface area (TPSA) is 116 Å². The van der Waals surface area contributed by atoms with Crippen LogP contribution < -0.4 is 11.1 Å². The van der Waals surface area contributed by atoms with Gasteiger partial charge in [-0.2, -0.15) is 4.98 Å². The molecule has 196 valence electrons. The lowest BCUT2D eigenvalue weighted by molar-refractivity contribution is -0.115. The van der Waals surface area contributed by atoms with E-state index in [-0.39, 0.29) is 11.2 Å². The van der Waals surface area contributed by atoms with Gasteiger partial charge in [-0.05, 0) is 88.4 Å². The maximum absolute atomic E-state index is 13.2. The number of amides is 2. The van der Waals surface area contributed by atoms with E-state index in [1.54, 1.807) is 24.4 Å². The normalized spacial score (nSPS) is 14.0. The zero-order valence-electron chi connectivity index (χ0n) is 20.7. The zero-order valence-corrected chi connectivity index (χ0v) is 23.8. The maximum atomic E-state index is 13.2. The predicted octanol–water partition coefficient (Wildman–Crippen LogP) is 6.48. The second kappa shape index (κ2) is 10.3. The maximum Gasteiger partial charge on any atom is 0.248 e. The number of benzene rings is 3. The standard InChI is InChI=1S/C28H22BrClN6O2S/c1-14(26(38)33-21-10-8-16(24(31)37)12-20(21)29)39-28-34-22-13-32-27(30)35-25(22)36(28)23-11-9-17(15-6-7-15)18-4-2-3-5-19(18)23/h2-5,8-15H,6-7H2,1H3,(H2,31,37)(H,33,38). The molecule has 1 atom stereocenters. The number of hydrogen-bond acceptors (Lipinski definition) is 6. The molecule has 6 rings (SSSR count). The van der Waals surface area contributed by atoms with Gasteiger partial charge in [0.25, 0.3) is 0 Å². The molecule has 8 nitrogen and oxygen atoms in total. The molecule has 0 saturated heterocycles. The highest BCUT2D eigenvalue weighted by Gasteiger charge is 2.27. The number of rotatable bonds is 7. The van der Waals surface area contributed by atoms with Gasteiger partial charge < -0.3 is 11.1 Å². The highest BCUT2D eigenvalue weighted by atomic mass is 79.9. The van der Waals surface area contributed by atoms with Crippen molar-refractivity contribution in [2.75, 3.05) is 5.32 Å². The number of fused-ring (bicyclic) bond motifs is 2. The van der Waals surface area contributed by atoms with E-state index in [0.29, 0.717) is 38.0 Å². The first-order chi connectivity index (χ1) is 18.8. The number of primary amides is 1. The number of imidazole rings is 1. The van der Waals surface area contributed by atoms with Crippen molar-refractivity contribution >= 4 is 78.7 Å². The zero-order chi connectivity index (χ0) is 27.3. The number of carbonyl (C=O) groups excluding carboxylic acids is 2. The van der Waals surface area contributed by atoms with Gasteiger partial charge in [0, 0.05) is 15.4 Å². The number of thioether (sulfide) groups is 1. The highest BCUT2D eigenvalue weighted by molar-refractivity contribution is 9.10. The Morgan fingerprint density at radius 3 is 2.62 bits per heavy atom. The Morgan fingerprint density at radius 2 is 1.90 bits per heavy atom. The predicted molar refractivity (Wildman–Crippen MR) is 158 cm³/mol. The van der Waals surface area contributed by atoms with Gasteiger partial charge in [-0.15, -0.1) is 0 Å². The van der Waals surface area contributed by atoms with Crippen LogP contribution in [0.25, 0.3) is 27.6 Å². The van der Waals surface area contributed by atoms with E-state index in [0.717, 1.165) is 11.1 Å². The third-order valence-corrected chi connectivity index (χ3v) is 8.59. The van der Waals surface area contributed by atoms with E-state index in [2.05, 4.69) is 61.5 Å². The number of anilines is 1. The fourth-order valence-electron chi connectivity index (χ4n) is 4.60. The van der Waals surface area contributed by atoms with Crippen LogP contribution in [0.5, 0.6) is 0 Å². The van der Waals surface area contributed by atoms with Crippen molar-refractivity contribution < 1.29 is 9.59 Å². The van der Waals surface area contributed by atoms with Crippen LogP contribution in [0, 0.1) is 0 Å². The summed E-state index contributed by atoms with van der Waals surface area (Å²) in [4.78, 5) is 38.1. The van der Waals surface area contributed by atoms with E-state index >= 15 is 0 Å². The Labute approximate surface area is 241 Å². The molecule has 0 bridgehead atoms. The van der Waals surface area contributed by atoms with E-state index in [1.165, 1.54) is 35.6 Å². The van der Waals surface area contributed by atoms with Gasteiger partial charge in [0.2, 0.25) is 17.1 Å². The molecule has 0 radical (unpaired) electrons. The number of nitrogens with two attached hydrogens (primary N) is 1. The molecule has 1 aliphatic carbocycles. The van der Waals surface area contributed by atoms with Gasteiger partial charge in [-0.25, -0.2) is 9.97 Å². The van der Waals surface area contributed by atoms with E-state index in [4.69, 9.17) is 22.3 Å². The second-order valence-electron chi connectivity index (χ2n) is 9.38. The Kier molecular flexibility index (Phi) is 6.78. The quantitative estimate of drug-likeness (QED) is 0.159. The number of nitrogens with zero attached hydrogens (tertiary/aromatic N) is 4. The average molecular weight is 622 g/mol. The molecule has 11 heteroatoms. The summed E-state index contributed by atoms with van der Waals surface area (Å²) in [5, 5.41) is 5.38. The summed E-state index contributed by atoms with van der Waals surface area (Å²) in [7, 11) is 0. The molecule has 2 amide bonds. The monoisotopic (exact) mass is 620 g/mol. The molecule has 1 aliphatic rings. The Hall–Kier alpha value is -3.47. The number of halogens is 2. The van der Waals surface area contributed by atoms with Crippen LogP contribution in [0.1, 0.15) is 41.6 Å². The number of hydrogen-bond donors (Lipinski definition) is 2. The Balaban J connectivity index is 1.38. The van der Waals surface area contributed by atoms with Crippen LogP contribution in [0.3, 0.4) is 0 Å². The smallest absolute Gasteiger partial charge is 0.248 e. The average Bonchev–Trinajstić information content (AvgIpc) is 3.71. The molecule has 3 N–H and O–H groups in total. The van der Waals surface area contributed by atoms with Crippen molar-refractivity contribution in [2.24, 2.45) is 5.73 Å². The van der Waals surface area contributed by atoms with Crippen LogP contribution in [-0.2, 0) is 4.79 Å². The van der Waals surface area contributed by atoms with Gasteiger partial charge in [-0.3, -0.25) is 14.2 Å². The lowest BCUT2D eigenvalue weighted by atomic mass is 9.99. The van der Waals surface area contributed by atoms with Crippen molar-refractivity contribution in [1.82, 2.24) is 19.5 Å². The van der Waals surface area contributed by atoms with Crippen molar-refractivity contribution in [3.63, 3.8) is 0 Å². The van der Waals surface area contributed by atoms with Crippen molar-refractivity contribution in [1.29, 1.82) is 0 Å². The molecule has 1 unspecified atom stereocenters. The van der Waals surface area contributed by atoms with E-state index in [9.17, 15) is 9.59 Å². The first kappa shape index (κ1) is 25.8. The molecule has 39 heavy (non-hydrogen) atoms. The third-order valence-electron chi connectivity index (χ3n) is 6.70. The van der Waals surface area contributed by atoms with Gasteiger partial charge in [0.15, 0.2) is 10.8 Å². The summed E-state index contributed by atoms with van der Waals surface area (Å²) < 4.78 is 2.51. The van der Waals surface area contributed by atoms with E-state index in [1.807, 2.05) is 17.6 Å². The lowest BCUT2D eigenvalue weighted by Crippen LogP contribution is -2.23. The van der Waals surface area contributed by atoms with E-state index < -0.39 is 11.2 Å². The van der Waals surface area contributed by atoms with Crippen molar-refractivity contribution in [3.05, 3.63) is 81.7 Å². The summed E-state index contributed by atoms with van der Waals surface area (Å²) >= 11 is 10.9. The molecule has 0 spiro atoms. The van der Waals surface area contributed by atoms with Gasteiger partial charge in [-0.1, -0.05) is 42.1 Å². The van der Waals surface area contributed by atoms with Crippen LogP contribution in [0.2, 0.25) is 5.28 Å². The van der Waals surface area contributed by atoms with Crippen molar-refractivity contribution in [2.45, 2.75) is 36.1 Å². The summed E-state index contributed by atoms with van der Waals surface area (Å²) in [6.45, 7) is 1.81. The minimum atomic E-state index is -0.544. The summed E-state index contributed by atoms with van der Waals surface area (Å²) in [6.07, 6.45) is 4.00. The fraction of sp³-hybridized carbons (Fsp3) is 0.179. The first-order valence-electron chi connectivity index (χ1n) is 12.3. The molecule has 5 aromatic rings. The van der Waals surface area contributed by atoms with Crippen LogP contribution >= 0.6 is 39.3 Å². The largest absolute Gasteiger partial charge is 0.366 e. The van der Waals surface area contributed by atoms with Crippen molar-refractivity contribution in [3.8, 4) is 5.69 Å².